The fourth-order valence-corrected chi connectivity index (χ4v) is 4.40. The lowest BCUT2D eigenvalue weighted by Gasteiger charge is -2.41. The van der Waals surface area contributed by atoms with Crippen LogP contribution in [0, 0.1) is 11.3 Å². The van der Waals surface area contributed by atoms with Crippen LogP contribution in [-0.2, 0) is 18.9 Å². The van der Waals surface area contributed by atoms with Gasteiger partial charge in [0.25, 0.3) is 5.56 Å². The highest BCUT2D eigenvalue weighted by molar-refractivity contribution is 5.90. The second-order valence-electron chi connectivity index (χ2n) is 8.19. The van der Waals surface area contributed by atoms with Gasteiger partial charge in [0.15, 0.2) is 0 Å². The van der Waals surface area contributed by atoms with Crippen LogP contribution in [0.4, 0.5) is 5.82 Å². The molecule has 0 spiro atoms. The number of benzene rings is 1. The van der Waals surface area contributed by atoms with E-state index < -0.39 is 17.5 Å². The number of allylic oxidation sites excluding steroid dienone is 2. The molecular weight excluding hydrogens is 342 g/mol. The molecule has 0 saturated carbocycles. The summed E-state index contributed by atoms with van der Waals surface area (Å²) in [5, 5.41) is 3.25. The van der Waals surface area contributed by atoms with Crippen LogP contribution in [0.25, 0.3) is 0 Å². The topological polar surface area (TPSA) is 73.1 Å². The summed E-state index contributed by atoms with van der Waals surface area (Å²) in [6.07, 6.45) is 2.49. The monoisotopic (exact) mass is 365 g/mol. The minimum atomic E-state index is -0.446. The van der Waals surface area contributed by atoms with E-state index in [0.29, 0.717) is 17.8 Å². The van der Waals surface area contributed by atoms with Gasteiger partial charge in [-0.3, -0.25) is 18.7 Å². The van der Waals surface area contributed by atoms with E-state index in [1.54, 1.807) is 7.05 Å². The molecule has 1 N–H and O–H groups in total. The molecule has 2 aliphatic rings. The lowest BCUT2D eigenvalue weighted by molar-refractivity contribution is -0.124. The number of carbonyl (C=O) groups excluding carboxylic acids is 1. The Labute approximate surface area is 157 Å². The Hall–Kier alpha value is -2.89. The van der Waals surface area contributed by atoms with E-state index in [1.807, 2.05) is 44.2 Å². The average Bonchev–Trinajstić information content (AvgIpc) is 2.62. The lowest BCUT2D eigenvalue weighted by atomic mass is 9.67. The molecule has 4 rings (SSSR count). The number of aromatic nitrogens is 2. The summed E-state index contributed by atoms with van der Waals surface area (Å²) >= 11 is 0. The van der Waals surface area contributed by atoms with Crippen LogP contribution in [0.15, 0.2) is 51.7 Å². The Kier molecular flexibility index (Phi) is 3.77. The molecule has 1 aromatic heterocycles. The number of fused-ring (bicyclic) bond motifs is 2. The van der Waals surface area contributed by atoms with Crippen molar-refractivity contribution in [2.75, 3.05) is 5.32 Å². The van der Waals surface area contributed by atoms with E-state index in [9.17, 15) is 14.4 Å². The maximum Gasteiger partial charge on any atom is 0.332 e. The summed E-state index contributed by atoms with van der Waals surface area (Å²) in [7, 11) is 3.12. The predicted octanol–water partition coefficient (Wildman–Crippen LogP) is 2.14. The van der Waals surface area contributed by atoms with Crippen LogP contribution < -0.4 is 16.6 Å². The molecule has 2 aromatic rings. The van der Waals surface area contributed by atoms with Crippen molar-refractivity contribution < 1.29 is 4.79 Å². The van der Waals surface area contributed by atoms with Gasteiger partial charge in [-0.1, -0.05) is 50.3 Å². The van der Waals surface area contributed by atoms with Crippen molar-refractivity contribution in [1.29, 1.82) is 0 Å². The van der Waals surface area contributed by atoms with Crippen molar-refractivity contribution in [3.05, 3.63) is 74.1 Å². The molecule has 140 valence electrons. The third-order valence-electron chi connectivity index (χ3n) is 5.62. The molecule has 2 atom stereocenters. The van der Waals surface area contributed by atoms with Gasteiger partial charge in [-0.2, -0.15) is 0 Å². The molecule has 0 bridgehead atoms. The van der Waals surface area contributed by atoms with Gasteiger partial charge in [0.2, 0.25) is 0 Å². The lowest BCUT2D eigenvalue weighted by Crippen LogP contribution is -2.47. The summed E-state index contributed by atoms with van der Waals surface area (Å²) in [5.74, 6) is -0.272. The summed E-state index contributed by atoms with van der Waals surface area (Å²) in [6, 6.07) is 9.60. The Balaban J connectivity index is 2.09. The van der Waals surface area contributed by atoms with Crippen LogP contribution in [-0.4, -0.2) is 14.9 Å². The Morgan fingerprint density at radius 2 is 1.67 bits per heavy atom. The van der Waals surface area contributed by atoms with Gasteiger partial charge < -0.3 is 5.32 Å². The zero-order valence-electron chi connectivity index (χ0n) is 15.9. The van der Waals surface area contributed by atoms with Crippen LogP contribution in [0.5, 0.6) is 0 Å². The minimum absolute atomic E-state index is 0.111. The quantitative estimate of drug-likeness (QED) is 0.840. The number of hydrogen-bond donors (Lipinski definition) is 1. The second kappa shape index (κ2) is 5.81. The van der Waals surface area contributed by atoms with E-state index >= 15 is 0 Å². The minimum Gasteiger partial charge on any atom is -0.344 e. The SMILES string of the molecule is Cn1c2c(c(=O)n(C)c1=O)[C@@H](c1ccccc1)[C@@H]1C(=O)CC(C)(C)C=C1N2. The van der Waals surface area contributed by atoms with Gasteiger partial charge in [-0.15, -0.1) is 0 Å². The van der Waals surface area contributed by atoms with Gasteiger partial charge in [-0.05, 0) is 11.0 Å². The molecule has 0 unspecified atom stereocenters. The van der Waals surface area contributed by atoms with Crippen molar-refractivity contribution in [3.8, 4) is 0 Å². The number of nitrogens with one attached hydrogen (secondary N) is 1. The van der Waals surface area contributed by atoms with Crippen LogP contribution in [0.2, 0.25) is 0 Å². The van der Waals surface area contributed by atoms with Crippen LogP contribution >= 0.6 is 0 Å². The Morgan fingerprint density at radius 3 is 2.33 bits per heavy atom. The first-order valence-electron chi connectivity index (χ1n) is 9.08. The van der Waals surface area contributed by atoms with Gasteiger partial charge in [0.05, 0.1) is 11.5 Å². The number of nitrogens with zero attached hydrogens (tertiary/aromatic N) is 2. The van der Waals surface area contributed by atoms with Crippen molar-refractivity contribution in [2.45, 2.75) is 26.2 Å². The molecular formula is C21H23N3O3. The summed E-state index contributed by atoms with van der Waals surface area (Å²) in [4.78, 5) is 38.6. The summed E-state index contributed by atoms with van der Waals surface area (Å²) in [5.41, 5.74) is 1.14. The highest BCUT2D eigenvalue weighted by Gasteiger charge is 2.45. The summed E-state index contributed by atoms with van der Waals surface area (Å²) < 4.78 is 2.57. The second-order valence-corrected chi connectivity index (χ2v) is 8.19. The fourth-order valence-electron chi connectivity index (χ4n) is 4.40. The van der Waals surface area contributed by atoms with Crippen LogP contribution in [0.3, 0.4) is 0 Å². The highest BCUT2D eigenvalue weighted by atomic mass is 16.2. The largest absolute Gasteiger partial charge is 0.344 e. The maximum absolute atomic E-state index is 13.1. The molecule has 0 radical (unpaired) electrons. The van der Waals surface area contributed by atoms with Gasteiger partial charge in [0.1, 0.15) is 11.6 Å². The molecule has 27 heavy (non-hydrogen) atoms. The molecule has 1 aromatic carbocycles. The molecule has 1 aliphatic heterocycles. The molecule has 2 heterocycles. The fraction of sp³-hybridized carbons (Fsp3) is 0.381. The molecule has 0 fully saturated rings. The molecule has 0 amide bonds. The van der Waals surface area contributed by atoms with E-state index in [1.165, 1.54) is 11.6 Å². The van der Waals surface area contributed by atoms with Crippen molar-refractivity contribution >= 4 is 11.6 Å². The average molecular weight is 365 g/mol. The normalized spacial score (nSPS) is 23.1. The Bertz CT molecular complexity index is 1090. The predicted molar refractivity (Wildman–Crippen MR) is 104 cm³/mol. The van der Waals surface area contributed by atoms with E-state index in [2.05, 4.69) is 11.4 Å². The zero-order chi connectivity index (χ0) is 19.5. The third kappa shape index (κ3) is 2.59. The van der Waals surface area contributed by atoms with Crippen molar-refractivity contribution in [1.82, 2.24) is 9.13 Å². The summed E-state index contributed by atoms with van der Waals surface area (Å²) in [6.45, 7) is 4.04. The van der Waals surface area contributed by atoms with Gasteiger partial charge in [0, 0.05) is 32.1 Å². The number of carbonyl (C=O) groups is 1. The van der Waals surface area contributed by atoms with Gasteiger partial charge in [-0.25, -0.2) is 4.79 Å². The number of hydrogen-bond acceptors (Lipinski definition) is 4. The van der Waals surface area contributed by atoms with Crippen molar-refractivity contribution in [3.63, 3.8) is 0 Å². The third-order valence-corrected chi connectivity index (χ3v) is 5.62. The first-order chi connectivity index (χ1) is 12.7. The molecule has 1 aliphatic carbocycles. The van der Waals surface area contributed by atoms with E-state index in [-0.39, 0.29) is 16.8 Å². The molecule has 6 nitrogen and oxygen atoms in total. The number of ketones is 1. The highest BCUT2D eigenvalue weighted by Crippen LogP contribution is 2.47. The number of Topliss-reactive ketones (excluding diaryl/α,β-unsaturated/α-hetero) is 1. The van der Waals surface area contributed by atoms with E-state index in [0.717, 1.165) is 15.8 Å². The maximum atomic E-state index is 13.1. The van der Waals surface area contributed by atoms with Crippen LogP contribution in [0.1, 0.15) is 37.3 Å². The van der Waals surface area contributed by atoms with Gasteiger partial charge >= 0.3 is 5.69 Å². The number of anilines is 1. The first-order valence-corrected chi connectivity index (χ1v) is 9.08. The standard InChI is InChI=1S/C21H23N3O3/c1-21(2)10-13-16(14(25)11-21)15(12-8-6-5-7-9-12)17-18(22-13)23(3)20(27)24(4)19(17)26/h5-10,15-16,22H,11H2,1-4H3/t15-,16-/m0/s1. The smallest absolute Gasteiger partial charge is 0.332 e. The first kappa shape index (κ1) is 17.5. The number of rotatable bonds is 1. The Morgan fingerprint density at radius 1 is 1.00 bits per heavy atom. The van der Waals surface area contributed by atoms with Crippen molar-refractivity contribution in [2.24, 2.45) is 25.4 Å². The van der Waals surface area contributed by atoms with E-state index in [4.69, 9.17) is 0 Å². The molecule has 6 heteroatoms. The molecule has 0 saturated heterocycles. The zero-order valence-corrected chi connectivity index (χ0v) is 15.9.